The Morgan fingerprint density at radius 2 is 1.45 bits per heavy atom. The molecule has 0 N–H and O–H groups in total. The Labute approximate surface area is 136 Å². The van der Waals surface area contributed by atoms with Gasteiger partial charge in [0.05, 0.1) is 0 Å². The van der Waals surface area contributed by atoms with Gasteiger partial charge in [-0.25, -0.2) is 0 Å². The van der Waals surface area contributed by atoms with Crippen LogP contribution in [-0.4, -0.2) is 0 Å². The maximum Gasteiger partial charge on any atom is 0.0336 e. The van der Waals surface area contributed by atoms with Crippen molar-refractivity contribution in [2.45, 2.75) is 20.8 Å². The van der Waals surface area contributed by atoms with Gasteiger partial charge in [0.25, 0.3) is 0 Å². The summed E-state index contributed by atoms with van der Waals surface area (Å²) in [4.78, 5) is 0. The van der Waals surface area contributed by atoms with E-state index in [1.54, 1.807) is 6.08 Å². The van der Waals surface area contributed by atoms with Crippen molar-refractivity contribution >= 4 is 0 Å². The third-order valence-electron chi connectivity index (χ3n) is 3.14. The first kappa shape index (κ1) is 19.7. The van der Waals surface area contributed by atoms with E-state index >= 15 is 0 Å². The standard InChI is InChI=1S/C22H28/c1-7-13-17-19(11-5)22(20(12-6)18-14-8-2)21(15-9-3)16-10-4/h7-18,22H,1,3,6H2,2,4-5H3/b14-8-,16-10-,17-13-,19-11+,20-18+,21-15+. The molecule has 0 amide bonds. The van der Waals surface area contributed by atoms with E-state index in [1.807, 2.05) is 63.3 Å². The van der Waals surface area contributed by atoms with E-state index in [0.717, 1.165) is 5.57 Å². The third kappa shape index (κ3) is 6.41. The zero-order valence-electron chi connectivity index (χ0n) is 14.1. The SMILES string of the molecule is C=C/C=C\C(=C/C)C(/C(C=C)=C/C=C\C)C(/C=C\C)=C/C=C. The normalized spacial score (nSPS) is 15.7. The number of allylic oxidation sites excluding steroid dienone is 15. The van der Waals surface area contributed by atoms with Crippen LogP contribution in [0.2, 0.25) is 0 Å². The summed E-state index contributed by atoms with van der Waals surface area (Å²) in [6.45, 7) is 17.6. The van der Waals surface area contributed by atoms with Gasteiger partial charge in [-0.15, -0.1) is 0 Å². The molecule has 0 rings (SSSR count). The van der Waals surface area contributed by atoms with Crippen molar-refractivity contribution in [3.8, 4) is 0 Å². The molecule has 22 heavy (non-hydrogen) atoms. The molecule has 0 nitrogen and oxygen atoms in total. The molecule has 0 aliphatic carbocycles. The van der Waals surface area contributed by atoms with Crippen molar-refractivity contribution in [3.05, 3.63) is 109 Å². The quantitative estimate of drug-likeness (QED) is 0.416. The summed E-state index contributed by atoms with van der Waals surface area (Å²) in [5, 5.41) is 0. The lowest BCUT2D eigenvalue weighted by Crippen LogP contribution is -2.08. The second-order valence-corrected chi connectivity index (χ2v) is 4.62. The molecular formula is C22H28. The summed E-state index contributed by atoms with van der Waals surface area (Å²) in [6, 6.07) is 0. The van der Waals surface area contributed by atoms with Gasteiger partial charge in [-0.05, 0) is 37.5 Å². The van der Waals surface area contributed by atoms with Crippen LogP contribution in [0.1, 0.15) is 20.8 Å². The minimum absolute atomic E-state index is 0.115. The summed E-state index contributed by atoms with van der Waals surface area (Å²) in [7, 11) is 0. The van der Waals surface area contributed by atoms with Crippen molar-refractivity contribution in [2.75, 3.05) is 0 Å². The first-order chi connectivity index (χ1) is 10.7. The van der Waals surface area contributed by atoms with Crippen LogP contribution in [0.25, 0.3) is 0 Å². The van der Waals surface area contributed by atoms with Crippen molar-refractivity contribution in [2.24, 2.45) is 5.92 Å². The lowest BCUT2D eigenvalue weighted by Gasteiger charge is -2.21. The lowest BCUT2D eigenvalue weighted by atomic mass is 9.82. The Kier molecular flexibility index (Phi) is 11.1. The molecule has 0 aliphatic heterocycles. The second-order valence-electron chi connectivity index (χ2n) is 4.62. The lowest BCUT2D eigenvalue weighted by molar-refractivity contribution is 0.902. The first-order valence-corrected chi connectivity index (χ1v) is 7.55. The Balaban J connectivity index is 6.21. The topological polar surface area (TPSA) is 0 Å². The van der Waals surface area contributed by atoms with Gasteiger partial charge in [0.1, 0.15) is 0 Å². The predicted octanol–water partition coefficient (Wildman–Crippen LogP) is 6.67. The van der Waals surface area contributed by atoms with Crippen LogP contribution in [0.15, 0.2) is 109 Å². The fourth-order valence-corrected chi connectivity index (χ4v) is 2.18. The molecule has 0 fully saturated rings. The van der Waals surface area contributed by atoms with Crippen molar-refractivity contribution in [1.82, 2.24) is 0 Å². The summed E-state index contributed by atoms with van der Waals surface area (Å²) >= 11 is 0. The van der Waals surface area contributed by atoms with Crippen molar-refractivity contribution in [3.63, 3.8) is 0 Å². The molecule has 1 atom stereocenters. The summed E-state index contributed by atoms with van der Waals surface area (Å²) in [6.07, 6.45) is 24.1. The largest absolute Gasteiger partial charge is 0.0991 e. The molecular weight excluding hydrogens is 264 g/mol. The van der Waals surface area contributed by atoms with E-state index in [1.165, 1.54) is 11.1 Å². The van der Waals surface area contributed by atoms with Crippen LogP contribution >= 0.6 is 0 Å². The van der Waals surface area contributed by atoms with E-state index in [-0.39, 0.29) is 5.92 Å². The monoisotopic (exact) mass is 292 g/mol. The molecule has 0 saturated carbocycles. The van der Waals surface area contributed by atoms with Gasteiger partial charge in [-0.1, -0.05) is 92.6 Å². The van der Waals surface area contributed by atoms with Gasteiger partial charge in [-0.3, -0.25) is 0 Å². The molecule has 0 heterocycles. The Morgan fingerprint density at radius 1 is 0.727 bits per heavy atom. The average molecular weight is 292 g/mol. The molecule has 0 radical (unpaired) electrons. The summed E-state index contributed by atoms with van der Waals surface area (Å²) in [5.41, 5.74) is 3.52. The van der Waals surface area contributed by atoms with E-state index < -0.39 is 0 Å². The zero-order chi connectivity index (χ0) is 16.8. The summed E-state index contributed by atoms with van der Waals surface area (Å²) in [5.74, 6) is 0.115. The first-order valence-electron chi connectivity index (χ1n) is 7.55. The number of hydrogen-bond donors (Lipinski definition) is 0. The molecule has 0 aromatic rings. The van der Waals surface area contributed by atoms with Gasteiger partial charge in [0, 0.05) is 5.92 Å². The molecule has 0 bridgehead atoms. The Morgan fingerprint density at radius 3 is 1.91 bits per heavy atom. The zero-order valence-corrected chi connectivity index (χ0v) is 14.1. The fraction of sp³-hybridized carbons (Fsp3) is 0.182. The minimum atomic E-state index is 0.115. The molecule has 0 aromatic carbocycles. The highest BCUT2D eigenvalue weighted by Gasteiger charge is 2.17. The van der Waals surface area contributed by atoms with Gasteiger partial charge >= 0.3 is 0 Å². The van der Waals surface area contributed by atoms with Crippen LogP contribution in [0, 0.1) is 5.92 Å². The number of hydrogen-bond acceptors (Lipinski definition) is 0. The minimum Gasteiger partial charge on any atom is -0.0991 e. The predicted molar refractivity (Wildman–Crippen MR) is 103 cm³/mol. The van der Waals surface area contributed by atoms with Gasteiger partial charge in [-0.2, -0.15) is 0 Å². The molecule has 0 heteroatoms. The van der Waals surface area contributed by atoms with E-state index in [9.17, 15) is 0 Å². The van der Waals surface area contributed by atoms with Crippen molar-refractivity contribution in [1.29, 1.82) is 0 Å². The molecule has 0 spiro atoms. The van der Waals surface area contributed by atoms with E-state index in [2.05, 4.69) is 44.0 Å². The molecule has 0 aromatic heterocycles. The van der Waals surface area contributed by atoms with Crippen LogP contribution in [0.4, 0.5) is 0 Å². The molecule has 116 valence electrons. The summed E-state index contributed by atoms with van der Waals surface area (Å²) < 4.78 is 0. The van der Waals surface area contributed by atoms with E-state index in [0.29, 0.717) is 0 Å². The third-order valence-corrected chi connectivity index (χ3v) is 3.14. The highest BCUT2D eigenvalue weighted by molar-refractivity contribution is 5.47. The van der Waals surface area contributed by atoms with Gasteiger partial charge < -0.3 is 0 Å². The van der Waals surface area contributed by atoms with Crippen molar-refractivity contribution < 1.29 is 0 Å². The average Bonchev–Trinajstić information content (AvgIpc) is 2.53. The van der Waals surface area contributed by atoms with Crippen LogP contribution in [0.5, 0.6) is 0 Å². The molecule has 0 saturated heterocycles. The van der Waals surface area contributed by atoms with Crippen LogP contribution < -0.4 is 0 Å². The maximum atomic E-state index is 3.98. The highest BCUT2D eigenvalue weighted by atomic mass is 14.2. The van der Waals surface area contributed by atoms with Gasteiger partial charge in [0.15, 0.2) is 0 Å². The smallest absolute Gasteiger partial charge is 0.0336 e. The van der Waals surface area contributed by atoms with E-state index in [4.69, 9.17) is 0 Å². The Bertz CT molecular complexity index is 543. The fourth-order valence-electron chi connectivity index (χ4n) is 2.18. The Hall–Kier alpha value is -2.34. The molecule has 1 unspecified atom stereocenters. The van der Waals surface area contributed by atoms with Crippen LogP contribution in [0.3, 0.4) is 0 Å². The maximum absolute atomic E-state index is 3.98. The highest BCUT2D eigenvalue weighted by Crippen LogP contribution is 2.31. The van der Waals surface area contributed by atoms with Gasteiger partial charge in [0.2, 0.25) is 0 Å². The molecule has 0 aliphatic rings. The second kappa shape index (κ2) is 12.4. The number of rotatable bonds is 9. The van der Waals surface area contributed by atoms with Crippen LogP contribution in [-0.2, 0) is 0 Å².